The largest absolute Gasteiger partial charge is 0.467 e. The van der Waals surface area contributed by atoms with Crippen molar-refractivity contribution in [2.75, 3.05) is 12.4 Å². The Bertz CT molecular complexity index is 431. The van der Waals surface area contributed by atoms with E-state index in [4.69, 9.17) is 16.3 Å². The average Bonchev–Trinajstić information content (AvgIpc) is 3.11. The zero-order valence-corrected chi connectivity index (χ0v) is 10.8. The summed E-state index contributed by atoms with van der Waals surface area (Å²) in [6.07, 6.45) is 2.11. The third-order valence-corrected chi connectivity index (χ3v) is 3.47. The first-order valence-electron chi connectivity index (χ1n) is 5.68. The molecule has 0 bridgehead atoms. The summed E-state index contributed by atoms with van der Waals surface area (Å²) in [6.45, 7) is 1.89. The van der Waals surface area contributed by atoms with Gasteiger partial charge in [-0.2, -0.15) is 0 Å². The van der Waals surface area contributed by atoms with Crippen molar-refractivity contribution < 1.29 is 9.53 Å². The van der Waals surface area contributed by atoms with Crippen molar-refractivity contribution in [2.24, 2.45) is 5.92 Å². The van der Waals surface area contributed by atoms with Crippen LogP contribution in [0.15, 0.2) is 24.3 Å². The lowest BCUT2D eigenvalue weighted by molar-refractivity contribution is -0.146. The van der Waals surface area contributed by atoms with E-state index in [2.05, 4.69) is 5.32 Å². The molecule has 0 aromatic heterocycles. The van der Waals surface area contributed by atoms with Gasteiger partial charge in [0.2, 0.25) is 0 Å². The van der Waals surface area contributed by atoms with Gasteiger partial charge in [0.1, 0.15) is 5.54 Å². The van der Waals surface area contributed by atoms with Gasteiger partial charge >= 0.3 is 5.97 Å². The molecule has 1 aliphatic rings. The molecule has 2 rings (SSSR count). The fourth-order valence-corrected chi connectivity index (χ4v) is 2.25. The maximum absolute atomic E-state index is 11.9. The van der Waals surface area contributed by atoms with Gasteiger partial charge in [-0.1, -0.05) is 17.7 Å². The molecule has 0 heterocycles. The van der Waals surface area contributed by atoms with Gasteiger partial charge in [0.05, 0.1) is 7.11 Å². The zero-order chi connectivity index (χ0) is 12.5. The summed E-state index contributed by atoms with van der Waals surface area (Å²) in [6, 6.07) is 7.37. The van der Waals surface area contributed by atoms with Gasteiger partial charge < -0.3 is 10.1 Å². The van der Waals surface area contributed by atoms with Gasteiger partial charge in [0.25, 0.3) is 0 Å². The van der Waals surface area contributed by atoms with E-state index in [1.165, 1.54) is 7.11 Å². The van der Waals surface area contributed by atoms with Crippen molar-refractivity contribution >= 4 is 23.3 Å². The van der Waals surface area contributed by atoms with Gasteiger partial charge in [-0.3, -0.25) is 0 Å². The van der Waals surface area contributed by atoms with Crippen LogP contribution in [0.3, 0.4) is 0 Å². The normalized spacial score (nSPS) is 18.3. The lowest BCUT2D eigenvalue weighted by Gasteiger charge is -2.29. The minimum atomic E-state index is -0.653. The maximum Gasteiger partial charge on any atom is 0.331 e. The lowest BCUT2D eigenvalue weighted by Crippen LogP contribution is -2.46. The number of benzene rings is 1. The topological polar surface area (TPSA) is 38.3 Å². The molecular formula is C13H16ClNO2. The van der Waals surface area contributed by atoms with E-state index >= 15 is 0 Å². The molecule has 0 amide bonds. The second-order valence-electron chi connectivity index (χ2n) is 4.60. The van der Waals surface area contributed by atoms with Gasteiger partial charge in [-0.15, -0.1) is 0 Å². The van der Waals surface area contributed by atoms with E-state index in [1.807, 2.05) is 25.1 Å². The molecule has 4 heteroatoms. The third-order valence-electron chi connectivity index (χ3n) is 3.23. The number of rotatable bonds is 4. The first-order valence-corrected chi connectivity index (χ1v) is 6.06. The van der Waals surface area contributed by atoms with E-state index in [0.717, 1.165) is 18.5 Å². The summed E-state index contributed by atoms with van der Waals surface area (Å²) >= 11 is 5.93. The maximum atomic E-state index is 11.9. The zero-order valence-electron chi connectivity index (χ0n) is 10.00. The van der Waals surface area contributed by atoms with Crippen molar-refractivity contribution in [3.63, 3.8) is 0 Å². The van der Waals surface area contributed by atoms with E-state index in [9.17, 15) is 4.79 Å². The Kier molecular flexibility index (Phi) is 3.29. The van der Waals surface area contributed by atoms with Crippen LogP contribution in [0.5, 0.6) is 0 Å². The highest BCUT2D eigenvalue weighted by Gasteiger charge is 2.48. The molecule has 0 saturated heterocycles. The van der Waals surface area contributed by atoms with Gasteiger partial charge in [-0.05, 0) is 43.9 Å². The molecule has 17 heavy (non-hydrogen) atoms. The number of methoxy groups -OCH3 is 1. The SMILES string of the molecule is COC(=O)C(C)(Nc1cccc(Cl)c1)C1CC1. The highest BCUT2D eigenvalue weighted by Crippen LogP contribution is 2.42. The lowest BCUT2D eigenvalue weighted by atomic mass is 9.95. The number of anilines is 1. The van der Waals surface area contributed by atoms with E-state index < -0.39 is 5.54 Å². The molecule has 92 valence electrons. The summed E-state index contributed by atoms with van der Waals surface area (Å²) in [5, 5.41) is 3.90. The predicted octanol–water partition coefficient (Wildman–Crippen LogP) is 3.09. The Balaban J connectivity index is 2.21. The molecule has 1 aliphatic carbocycles. The minimum Gasteiger partial charge on any atom is -0.467 e. The second-order valence-corrected chi connectivity index (χ2v) is 5.04. The number of carbonyl (C=O) groups excluding carboxylic acids is 1. The van der Waals surface area contributed by atoms with Crippen LogP contribution in [-0.4, -0.2) is 18.6 Å². The summed E-state index contributed by atoms with van der Waals surface area (Å²) < 4.78 is 4.88. The number of nitrogens with one attached hydrogen (secondary N) is 1. The highest BCUT2D eigenvalue weighted by molar-refractivity contribution is 6.30. The third kappa shape index (κ3) is 2.55. The number of hydrogen-bond acceptors (Lipinski definition) is 3. The monoisotopic (exact) mass is 253 g/mol. The summed E-state index contributed by atoms with van der Waals surface area (Å²) in [7, 11) is 1.42. The molecule has 1 N–H and O–H groups in total. The summed E-state index contributed by atoms with van der Waals surface area (Å²) in [4.78, 5) is 11.9. The Morgan fingerprint density at radius 1 is 1.53 bits per heavy atom. The second kappa shape index (κ2) is 4.57. The molecule has 1 aromatic carbocycles. The molecule has 0 spiro atoms. The first-order chi connectivity index (χ1) is 8.06. The van der Waals surface area contributed by atoms with Gasteiger partial charge in [-0.25, -0.2) is 4.79 Å². The van der Waals surface area contributed by atoms with Crippen LogP contribution in [0.2, 0.25) is 5.02 Å². The molecule has 1 saturated carbocycles. The van der Waals surface area contributed by atoms with Crippen LogP contribution in [-0.2, 0) is 9.53 Å². The fourth-order valence-electron chi connectivity index (χ4n) is 2.06. The number of carbonyl (C=O) groups is 1. The van der Waals surface area contributed by atoms with Gasteiger partial charge in [0.15, 0.2) is 0 Å². The molecule has 1 aromatic rings. The Labute approximate surface area is 106 Å². The van der Waals surface area contributed by atoms with Gasteiger partial charge in [0, 0.05) is 10.7 Å². The van der Waals surface area contributed by atoms with Crippen molar-refractivity contribution in [1.29, 1.82) is 0 Å². The number of hydrogen-bond donors (Lipinski definition) is 1. The summed E-state index contributed by atoms with van der Waals surface area (Å²) in [5.41, 5.74) is 0.191. The summed E-state index contributed by atoms with van der Waals surface area (Å²) in [5.74, 6) is 0.119. The van der Waals surface area contributed by atoms with Crippen LogP contribution < -0.4 is 5.32 Å². The van der Waals surface area contributed by atoms with Crippen molar-refractivity contribution in [3.05, 3.63) is 29.3 Å². The smallest absolute Gasteiger partial charge is 0.331 e. The highest BCUT2D eigenvalue weighted by atomic mass is 35.5. The molecule has 1 unspecified atom stereocenters. The molecule has 1 fully saturated rings. The van der Waals surface area contributed by atoms with Crippen molar-refractivity contribution in [2.45, 2.75) is 25.3 Å². The first kappa shape index (κ1) is 12.2. The quantitative estimate of drug-likeness (QED) is 0.838. The molecule has 0 aliphatic heterocycles. The number of halogens is 1. The van der Waals surface area contributed by atoms with Crippen LogP contribution in [0, 0.1) is 5.92 Å². The van der Waals surface area contributed by atoms with E-state index in [1.54, 1.807) is 6.07 Å². The average molecular weight is 254 g/mol. The van der Waals surface area contributed by atoms with Crippen LogP contribution in [0.4, 0.5) is 5.69 Å². The molecule has 1 atom stereocenters. The number of esters is 1. The molecule has 0 radical (unpaired) electrons. The fraction of sp³-hybridized carbons (Fsp3) is 0.462. The van der Waals surface area contributed by atoms with E-state index in [0.29, 0.717) is 10.9 Å². The Morgan fingerprint density at radius 3 is 2.76 bits per heavy atom. The Morgan fingerprint density at radius 2 is 2.24 bits per heavy atom. The molecular weight excluding hydrogens is 238 g/mol. The molecule has 3 nitrogen and oxygen atoms in total. The minimum absolute atomic E-state index is 0.222. The van der Waals surface area contributed by atoms with Crippen molar-refractivity contribution in [3.8, 4) is 0 Å². The number of ether oxygens (including phenoxy) is 1. The van der Waals surface area contributed by atoms with Crippen LogP contribution in [0.25, 0.3) is 0 Å². The van der Waals surface area contributed by atoms with Crippen LogP contribution in [0.1, 0.15) is 19.8 Å². The van der Waals surface area contributed by atoms with E-state index in [-0.39, 0.29) is 5.97 Å². The van der Waals surface area contributed by atoms with Crippen molar-refractivity contribution in [1.82, 2.24) is 0 Å². The van der Waals surface area contributed by atoms with Crippen LogP contribution >= 0.6 is 11.6 Å². The Hall–Kier alpha value is -1.22. The standard InChI is InChI=1S/C13H16ClNO2/c1-13(9-6-7-9,12(16)17-2)15-11-5-3-4-10(14)8-11/h3-5,8-9,15H,6-7H2,1-2H3. The predicted molar refractivity (Wildman–Crippen MR) is 68.2 cm³/mol.